The Morgan fingerprint density at radius 1 is 2.00 bits per heavy atom. The van der Waals surface area contributed by atoms with Crippen LogP contribution in [-0.2, 0) is 0 Å². The number of carbonyl (C=O) groups excluding carboxylic acids is 1. The maximum Gasteiger partial charge on any atom is 0.311 e. The fourth-order valence-corrected chi connectivity index (χ4v) is 0.892. The van der Waals surface area contributed by atoms with Gasteiger partial charge in [-0.05, 0) is 0 Å². The van der Waals surface area contributed by atoms with Crippen LogP contribution in [0.5, 0.6) is 0 Å². The molecule has 0 atom stereocenters. The second-order valence-corrected chi connectivity index (χ2v) is 3.02. The van der Waals surface area contributed by atoms with Crippen LogP contribution in [0.3, 0.4) is 0 Å². The molecule has 4 heteroatoms. The van der Waals surface area contributed by atoms with E-state index < -0.39 is 6.03 Å². The van der Waals surface area contributed by atoms with Gasteiger partial charge in [0.25, 0.3) is 0 Å². The average Bonchev–Trinajstić information content (AvgIpc) is 1.66. The molecule has 0 aromatic carbocycles. The zero-order chi connectivity index (χ0) is 6.41. The quantitative estimate of drug-likeness (QED) is 0.371. The Morgan fingerprint density at radius 3 is 3.00 bits per heavy atom. The van der Waals surface area contributed by atoms with Crippen molar-refractivity contribution in [2.24, 2.45) is 5.73 Å². The SMILES string of the molecule is C=C[SiH2]CNC(N)=O. The van der Waals surface area contributed by atoms with E-state index in [0.29, 0.717) is 0 Å². The molecule has 0 aliphatic carbocycles. The average molecular weight is 130 g/mol. The van der Waals surface area contributed by atoms with Crippen molar-refractivity contribution >= 4 is 15.6 Å². The molecule has 0 fully saturated rings. The highest BCUT2D eigenvalue weighted by Crippen LogP contribution is 1.57. The van der Waals surface area contributed by atoms with Gasteiger partial charge >= 0.3 is 6.03 Å². The Hall–Kier alpha value is -0.773. The molecule has 0 aliphatic rings. The first-order valence-electron chi connectivity index (χ1n) is 2.41. The maximum atomic E-state index is 9.97. The maximum absolute atomic E-state index is 9.97. The summed E-state index contributed by atoms with van der Waals surface area (Å²) >= 11 is 0. The van der Waals surface area contributed by atoms with Crippen LogP contribution < -0.4 is 11.1 Å². The van der Waals surface area contributed by atoms with Gasteiger partial charge in [-0.2, -0.15) is 0 Å². The summed E-state index contributed by atoms with van der Waals surface area (Å²) in [5, 5.41) is 2.48. The molecule has 0 radical (unpaired) electrons. The van der Waals surface area contributed by atoms with Crippen LogP contribution in [-0.4, -0.2) is 21.7 Å². The predicted octanol–water partition coefficient (Wildman–Crippen LogP) is -1.08. The van der Waals surface area contributed by atoms with Gasteiger partial charge in [-0.1, -0.05) is 0 Å². The van der Waals surface area contributed by atoms with E-state index in [1.54, 1.807) is 0 Å². The fourth-order valence-electron chi connectivity index (χ4n) is 0.297. The summed E-state index contributed by atoms with van der Waals surface area (Å²) in [5.41, 5.74) is 6.63. The number of carbonyl (C=O) groups is 1. The zero-order valence-electron chi connectivity index (χ0n) is 4.68. The van der Waals surface area contributed by atoms with Gasteiger partial charge < -0.3 is 11.1 Å². The largest absolute Gasteiger partial charge is 0.352 e. The molecule has 0 spiro atoms. The predicted molar refractivity (Wildman–Crippen MR) is 36.3 cm³/mol. The third-order valence-electron chi connectivity index (χ3n) is 0.648. The Kier molecular flexibility index (Phi) is 3.96. The minimum absolute atomic E-state index is 0.269. The first-order chi connectivity index (χ1) is 3.77. The third kappa shape index (κ3) is 5.23. The smallest absolute Gasteiger partial charge is 0.311 e. The monoisotopic (exact) mass is 130 g/mol. The zero-order valence-corrected chi connectivity index (χ0v) is 6.10. The third-order valence-corrected chi connectivity index (χ3v) is 1.59. The molecule has 0 saturated heterocycles. The summed E-state index contributed by atoms with van der Waals surface area (Å²) in [6, 6.07) is -0.445. The summed E-state index contributed by atoms with van der Waals surface area (Å²) in [6.45, 7) is 3.53. The summed E-state index contributed by atoms with van der Waals surface area (Å²) in [4.78, 5) is 9.97. The lowest BCUT2D eigenvalue weighted by atomic mass is 11.0. The van der Waals surface area contributed by atoms with Crippen molar-refractivity contribution in [1.82, 2.24) is 5.32 Å². The molecule has 3 N–H and O–H groups in total. The van der Waals surface area contributed by atoms with E-state index in [0.717, 1.165) is 6.17 Å². The van der Waals surface area contributed by atoms with E-state index in [4.69, 9.17) is 5.73 Å². The van der Waals surface area contributed by atoms with Crippen LogP contribution in [0.1, 0.15) is 0 Å². The molecule has 0 aliphatic heterocycles. The van der Waals surface area contributed by atoms with E-state index >= 15 is 0 Å². The van der Waals surface area contributed by atoms with E-state index in [-0.39, 0.29) is 9.52 Å². The Labute approximate surface area is 50.8 Å². The first-order valence-corrected chi connectivity index (χ1v) is 4.23. The number of hydrogen-bond donors (Lipinski definition) is 2. The van der Waals surface area contributed by atoms with Crippen molar-refractivity contribution in [1.29, 1.82) is 0 Å². The van der Waals surface area contributed by atoms with Crippen molar-refractivity contribution < 1.29 is 4.79 Å². The molecule has 0 heterocycles. The van der Waals surface area contributed by atoms with E-state index in [1.807, 2.05) is 5.70 Å². The van der Waals surface area contributed by atoms with Crippen molar-refractivity contribution in [2.45, 2.75) is 0 Å². The standard InChI is InChI=1S/C4H10N2OSi/c1-2-8-3-6-4(5)7/h2H,1,3,8H2,(H3,5,6,7). The van der Waals surface area contributed by atoms with Crippen LogP contribution in [0, 0.1) is 0 Å². The van der Waals surface area contributed by atoms with Gasteiger partial charge in [0.15, 0.2) is 0 Å². The van der Waals surface area contributed by atoms with Crippen LogP contribution in [0.25, 0.3) is 0 Å². The summed E-state index contributed by atoms with van der Waals surface area (Å²) < 4.78 is 0. The molecule has 3 nitrogen and oxygen atoms in total. The lowest BCUT2D eigenvalue weighted by Crippen LogP contribution is -2.32. The van der Waals surface area contributed by atoms with Crippen molar-refractivity contribution in [3.8, 4) is 0 Å². The summed E-state index contributed by atoms with van der Waals surface area (Å²) in [7, 11) is -0.269. The Balaban J connectivity index is 2.93. The van der Waals surface area contributed by atoms with Crippen molar-refractivity contribution in [2.75, 3.05) is 6.17 Å². The topological polar surface area (TPSA) is 55.1 Å². The number of primary amides is 1. The molecule has 0 saturated carbocycles. The molecule has 8 heavy (non-hydrogen) atoms. The number of urea groups is 1. The van der Waals surface area contributed by atoms with Crippen molar-refractivity contribution in [3.63, 3.8) is 0 Å². The molecule has 0 aromatic rings. The van der Waals surface area contributed by atoms with Gasteiger partial charge in [0.2, 0.25) is 0 Å². The van der Waals surface area contributed by atoms with Gasteiger partial charge in [-0.15, -0.1) is 12.3 Å². The second kappa shape index (κ2) is 4.39. The lowest BCUT2D eigenvalue weighted by Gasteiger charge is -1.93. The second-order valence-electron chi connectivity index (χ2n) is 1.37. The number of nitrogens with one attached hydrogen (secondary N) is 1. The highest BCUT2D eigenvalue weighted by molar-refractivity contribution is 6.42. The van der Waals surface area contributed by atoms with Crippen LogP contribution >= 0.6 is 0 Å². The Morgan fingerprint density at radius 2 is 2.62 bits per heavy atom. The number of rotatable bonds is 3. The highest BCUT2D eigenvalue weighted by atomic mass is 28.2. The van der Waals surface area contributed by atoms with Crippen molar-refractivity contribution in [3.05, 3.63) is 12.3 Å². The van der Waals surface area contributed by atoms with Gasteiger partial charge in [-0.25, -0.2) is 4.79 Å². The molecule has 0 bridgehead atoms. The molecule has 46 valence electrons. The number of amides is 2. The number of hydrogen-bond acceptors (Lipinski definition) is 1. The number of nitrogens with two attached hydrogens (primary N) is 1. The highest BCUT2D eigenvalue weighted by Gasteiger charge is 1.85. The van der Waals surface area contributed by atoms with Gasteiger partial charge in [-0.3, -0.25) is 0 Å². The van der Waals surface area contributed by atoms with Crippen LogP contribution in [0.4, 0.5) is 4.79 Å². The fraction of sp³-hybridized carbons (Fsp3) is 0.250. The first kappa shape index (κ1) is 7.23. The molecule has 0 rings (SSSR count). The Bertz CT molecular complexity index is 94.0. The van der Waals surface area contributed by atoms with Gasteiger partial charge in [0, 0.05) is 6.17 Å². The molecule has 2 amide bonds. The van der Waals surface area contributed by atoms with Gasteiger partial charge in [0.1, 0.15) is 0 Å². The van der Waals surface area contributed by atoms with Crippen LogP contribution in [0.15, 0.2) is 12.3 Å². The minimum atomic E-state index is -0.445. The lowest BCUT2D eigenvalue weighted by molar-refractivity contribution is 0.250. The summed E-state index contributed by atoms with van der Waals surface area (Å²) in [5.74, 6) is 0. The minimum Gasteiger partial charge on any atom is -0.352 e. The molecule has 0 unspecified atom stereocenters. The van der Waals surface area contributed by atoms with E-state index in [1.165, 1.54) is 0 Å². The molecular formula is C4H10N2OSi. The van der Waals surface area contributed by atoms with E-state index in [2.05, 4.69) is 11.9 Å². The van der Waals surface area contributed by atoms with Gasteiger partial charge in [0.05, 0.1) is 9.52 Å². The molecule has 0 aromatic heterocycles. The molecular weight excluding hydrogens is 120 g/mol. The normalized spacial score (nSPS) is 9.50. The summed E-state index contributed by atoms with van der Waals surface area (Å²) in [6.07, 6.45) is 0.721. The van der Waals surface area contributed by atoms with E-state index in [9.17, 15) is 4.79 Å². The van der Waals surface area contributed by atoms with Crippen LogP contribution in [0.2, 0.25) is 0 Å².